The Bertz CT molecular complexity index is 600. The van der Waals surface area contributed by atoms with Crippen molar-refractivity contribution in [2.24, 2.45) is 0 Å². The molecular weight excluding hydrogens is 533 g/mol. The molecule has 0 aromatic rings. The largest absolute Gasteiger partial charge is 0.480 e. The smallest absolute Gasteiger partial charge is 0.327 e. The van der Waals surface area contributed by atoms with E-state index in [1.807, 2.05) is 0 Å². The zero-order chi connectivity index (χ0) is 24.5. The van der Waals surface area contributed by atoms with Gasteiger partial charge in [0, 0.05) is 41.6 Å². The molecule has 0 rings (SSSR count). The van der Waals surface area contributed by atoms with Crippen molar-refractivity contribution in [1.82, 2.24) is 10.6 Å². The van der Waals surface area contributed by atoms with Crippen LogP contribution in [-0.2, 0) is 19.2 Å². The van der Waals surface area contributed by atoms with Crippen molar-refractivity contribution in [1.29, 1.82) is 0 Å². The number of nitrogens with one attached hydrogen (secondary N) is 2. The average molecular weight is 565 g/mol. The van der Waals surface area contributed by atoms with Gasteiger partial charge in [-0.05, 0) is 12.8 Å². The van der Waals surface area contributed by atoms with Crippen LogP contribution in [0.4, 0.5) is 0 Å². The number of hydrogen-bond donors (Lipinski definition) is 5. The molecule has 0 aliphatic heterocycles. The van der Waals surface area contributed by atoms with Gasteiger partial charge in [-0.15, -0.1) is 11.7 Å². The van der Waals surface area contributed by atoms with Crippen LogP contribution in [0.3, 0.4) is 0 Å². The summed E-state index contributed by atoms with van der Waals surface area (Å²) in [4.78, 5) is 44.8. The molecule has 0 aromatic heterocycles. The van der Waals surface area contributed by atoms with Crippen LogP contribution in [-0.4, -0.2) is 73.8 Å². The van der Waals surface area contributed by atoms with Gasteiger partial charge in [0.05, 0.1) is 0 Å². The van der Waals surface area contributed by atoms with Crippen LogP contribution in [0.2, 0.25) is 0 Å². The average Bonchev–Trinajstić information content (AvgIpc) is 2.70. The van der Waals surface area contributed by atoms with Gasteiger partial charge < -0.3 is 20.8 Å². The highest BCUT2D eigenvalue weighted by Gasteiger charge is 2.21. The molecule has 0 bridgehead atoms. The second kappa shape index (κ2) is 19.3. The van der Waals surface area contributed by atoms with Crippen LogP contribution in [0.25, 0.3) is 0 Å². The Morgan fingerprint density at radius 3 is 1.75 bits per heavy atom. The second-order valence-corrected chi connectivity index (χ2v) is 13.9. The van der Waals surface area contributed by atoms with Gasteiger partial charge in [-0.1, -0.05) is 73.7 Å². The maximum Gasteiger partial charge on any atom is 0.327 e. The van der Waals surface area contributed by atoms with Crippen molar-refractivity contribution < 1.29 is 29.4 Å². The molecule has 8 nitrogen and oxygen atoms in total. The molecule has 0 saturated carbocycles. The summed E-state index contributed by atoms with van der Waals surface area (Å²) >= 11 is 4.23. The zero-order valence-corrected chi connectivity index (χ0v) is 23.3. The van der Waals surface area contributed by atoms with Crippen LogP contribution in [0.15, 0.2) is 0 Å². The monoisotopic (exact) mass is 564 g/mol. The lowest BCUT2D eigenvalue weighted by atomic mass is 10.1. The highest BCUT2D eigenvalue weighted by atomic mass is 33.1. The van der Waals surface area contributed by atoms with Crippen molar-refractivity contribution in [3.05, 3.63) is 0 Å². The van der Waals surface area contributed by atoms with E-state index in [0.717, 1.165) is 31.4 Å². The summed E-state index contributed by atoms with van der Waals surface area (Å²) < 4.78 is 0. The Balaban J connectivity index is 4.60. The Kier molecular flexibility index (Phi) is 19.3. The second-order valence-electron chi connectivity index (χ2n) is 6.95. The number of carbonyl (C=O) groups excluding carboxylic acids is 2. The number of unbranched alkanes of at least 4 members (excludes halogenated alkanes) is 1. The highest BCUT2D eigenvalue weighted by Crippen LogP contribution is 2.36. The van der Waals surface area contributed by atoms with Crippen molar-refractivity contribution in [3.63, 3.8) is 0 Å². The van der Waals surface area contributed by atoms with E-state index in [9.17, 15) is 29.4 Å². The van der Waals surface area contributed by atoms with Crippen LogP contribution in [0.5, 0.6) is 0 Å². The van der Waals surface area contributed by atoms with Gasteiger partial charge in [0.1, 0.15) is 12.1 Å². The number of carboxylic acids is 2. The van der Waals surface area contributed by atoms with Gasteiger partial charge in [0.15, 0.2) is 0 Å². The van der Waals surface area contributed by atoms with E-state index in [1.165, 1.54) is 35.4 Å². The number of thiol groups is 1. The molecule has 0 spiro atoms. The minimum absolute atomic E-state index is 0.243. The van der Waals surface area contributed by atoms with E-state index < -0.39 is 24.0 Å². The number of hydrogen-bond acceptors (Lipinski definition) is 10. The predicted molar refractivity (Wildman–Crippen MR) is 144 cm³/mol. The van der Waals surface area contributed by atoms with Crippen molar-refractivity contribution in [2.45, 2.75) is 69.0 Å². The minimum atomic E-state index is -1.07. The van der Waals surface area contributed by atoms with Crippen molar-refractivity contribution in [3.8, 4) is 0 Å². The molecule has 0 heterocycles. The molecule has 4 atom stereocenters. The Labute approximate surface area is 214 Å². The number of carbonyl (C=O) groups is 4. The van der Waals surface area contributed by atoms with Crippen LogP contribution in [0.1, 0.15) is 46.5 Å². The fraction of sp³-hybridized carbons (Fsp3) is 0.778. The fourth-order valence-electron chi connectivity index (χ4n) is 2.30. The SMILES string of the molecule is CC(=O)NC(CSSCC(CCCCC(C)SS)SSCC(NC(C)=O)C(=O)O)C(=O)O. The quantitative estimate of drug-likeness (QED) is 0.0891. The summed E-state index contributed by atoms with van der Waals surface area (Å²) in [6, 6.07) is -1.87. The summed E-state index contributed by atoms with van der Waals surface area (Å²) in [7, 11) is 7.50. The molecular formula is C18H32N2O6S6. The molecule has 32 heavy (non-hydrogen) atoms. The summed E-state index contributed by atoms with van der Waals surface area (Å²) in [5, 5.41) is 24.0. The first kappa shape index (κ1) is 32.0. The van der Waals surface area contributed by atoms with E-state index in [1.54, 1.807) is 32.4 Å². The molecule has 14 heteroatoms. The van der Waals surface area contributed by atoms with E-state index in [0.29, 0.717) is 5.25 Å². The topological polar surface area (TPSA) is 133 Å². The molecule has 4 unspecified atom stereocenters. The Hall–Kier alpha value is -0.0200. The normalized spacial score (nSPS) is 14.8. The number of aliphatic carboxylic acids is 2. The van der Waals surface area contributed by atoms with Crippen LogP contribution < -0.4 is 10.6 Å². The van der Waals surface area contributed by atoms with Crippen LogP contribution >= 0.6 is 65.6 Å². The van der Waals surface area contributed by atoms with Gasteiger partial charge in [-0.2, -0.15) is 0 Å². The summed E-state index contributed by atoms with van der Waals surface area (Å²) in [5.41, 5.74) is 0. The van der Waals surface area contributed by atoms with E-state index in [4.69, 9.17) is 0 Å². The lowest BCUT2D eigenvalue weighted by Gasteiger charge is -2.18. The van der Waals surface area contributed by atoms with E-state index in [2.05, 4.69) is 29.2 Å². The number of rotatable bonds is 19. The van der Waals surface area contributed by atoms with Gasteiger partial charge in [-0.3, -0.25) is 9.59 Å². The van der Waals surface area contributed by atoms with Gasteiger partial charge in [0.25, 0.3) is 0 Å². The highest BCUT2D eigenvalue weighted by molar-refractivity contribution is 8.78. The first-order valence-corrected chi connectivity index (χ1v) is 16.7. The third-order valence-corrected chi connectivity index (χ3v) is 11.2. The Morgan fingerprint density at radius 1 is 0.812 bits per heavy atom. The number of carboxylic acid groups (broad SMARTS) is 2. The minimum Gasteiger partial charge on any atom is -0.480 e. The molecule has 0 aliphatic rings. The molecule has 186 valence electrons. The summed E-state index contributed by atoms with van der Waals surface area (Å²) in [5.74, 6) is -1.63. The Morgan fingerprint density at radius 2 is 1.28 bits per heavy atom. The van der Waals surface area contributed by atoms with E-state index in [-0.39, 0.29) is 28.6 Å². The lowest BCUT2D eigenvalue weighted by Crippen LogP contribution is -2.41. The third-order valence-electron chi connectivity index (χ3n) is 3.93. The van der Waals surface area contributed by atoms with Crippen molar-refractivity contribution >= 4 is 89.4 Å². The van der Waals surface area contributed by atoms with E-state index >= 15 is 0 Å². The zero-order valence-electron chi connectivity index (χ0n) is 18.3. The van der Waals surface area contributed by atoms with Gasteiger partial charge in [-0.25, -0.2) is 9.59 Å². The first-order chi connectivity index (χ1) is 15.1. The predicted octanol–water partition coefficient (Wildman–Crippen LogP) is 3.82. The molecule has 0 aliphatic carbocycles. The molecule has 0 saturated heterocycles. The van der Waals surface area contributed by atoms with Gasteiger partial charge >= 0.3 is 11.9 Å². The first-order valence-electron chi connectivity index (χ1n) is 9.89. The molecule has 0 radical (unpaired) electrons. The van der Waals surface area contributed by atoms with Crippen LogP contribution in [0, 0.1) is 0 Å². The van der Waals surface area contributed by atoms with Crippen molar-refractivity contribution in [2.75, 3.05) is 17.3 Å². The summed E-state index contributed by atoms with van der Waals surface area (Å²) in [6.07, 6.45) is 4.11. The molecule has 4 N–H and O–H groups in total. The number of amides is 2. The maximum absolute atomic E-state index is 11.3. The standard InChI is InChI=1S/C18H32N2O6S6/c1-11(31-27)6-4-5-7-14(32-30-10-16(18(25)26)20-13(3)22)8-28-29-9-15(17(23)24)19-12(2)21/h11,14-16,27H,4-10H2,1-3H3,(H,19,21)(H,20,22)(H,23,24)(H,25,26). The van der Waals surface area contributed by atoms with Gasteiger partial charge in [0.2, 0.25) is 11.8 Å². The molecule has 0 fully saturated rings. The lowest BCUT2D eigenvalue weighted by molar-refractivity contribution is -0.141. The molecule has 0 aromatic carbocycles. The molecule has 2 amide bonds. The summed E-state index contributed by atoms with van der Waals surface area (Å²) in [6.45, 7) is 4.71. The fourth-order valence-corrected chi connectivity index (χ4v) is 8.83. The maximum atomic E-state index is 11.3. The third kappa shape index (κ3) is 17.5.